The number of carbonyl (C=O) groups is 4. The number of amides is 1. The second-order valence-corrected chi connectivity index (χ2v) is 18.7. The average molecular weight is 974 g/mol. The van der Waals surface area contributed by atoms with E-state index in [2.05, 4.69) is 41.6 Å². The SMILES string of the molecule is C1CCC1.C=O.CNC(=O)CCC(C=O)N(C)Cc1cc(N2CCN(CC3CCN(CCNCC4=CN(C)/C(=C\N(C)c5cccc(Cc6nncn6C)c5)C(C(F)(F)F)=C4)CC3)CC2)ccc1C=O. The number of anilines is 2. The Morgan fingerprint density at radius 3 is 2.29 bits per heavy atom. The molecule has 1 unspecified atom stereocenters. The smallest absolute Gasteiger partial charge is 0.369 e. The summed E-state index contributed by atoms with van der Waals surface area (Å²) in [6, 6.07) is 13.2. The first-order chi connectivity index (χ1) is 33.7. The van der Waals surface area contributed by atoms with Gasteiger partial charge in [0.1, 0.15) is 31.5 Å². The Morgan fingerprint density at radius 2 is 1.67 bits per heavy atom. The van der Waals surface area contributed by atoms with E-state index >= 15 is 0 Å². The highest BCUT2D eigenvalue weighted by Gasteiger charge is 2.39. The minimum atomic E-state index is -4.53. The standard InChI is InChI=1S/C47H64F3N11O3.C4H8.CH2O/c1-51-46(64)12-11-42(33-63)55(2)30-39-26-41(10-9-38(39)32-62)61-21-19-60(20-22-61)29-35-13-16-59(17-14-35)18-15-52-27-37-24-43(47(48,49)50)44(57(4)28-37)31-56(3)40-8-6-7-36(23-40)25-45-54-53-34-58(45)5;1-2-4-3-1;1-2/h6-10,23-24,26,28,31-35,42,52H,11-22,25,27,29-30H2,1-5H3,(H,51,64);1-4H2;1H2/b44-31-;;. The summed E-state index contributed by atoms with van der Waals surface area (Å²) in [4.78, 5) is 56.0. The lowest BCUT2D eigenvalue weighted by molar-refractivity contribution is -0.121. The van der Waals surface area contributed by atoms with Crippen molar-refractivity contribution in [3.63, 3.8) is 0 Å². The molecule has 382 valence electrons. The largest absolute Gasteiger partial charge is 0.418 e. The second kappa shape index (κ2) is 27.6. The first kappa shape index (κ1) is 55.2. The second-order valence-electron chi connectivity index (χ2n) is 18.7. The van der Waals surface area contributed by atoms with Gasteiger partial charge in [0.05, 0.1) is 17.3 Å². The molecule has 3 aliphatic heterocycles. The molecule has 1 atom stereocenters. The number of carbonyl (C=O) groups excluding carboxylic acids is 4. The van der Waals surface area contributed by atoms with Crippen molar-refractivity contribution in [2.24, 2.45) is 13.0 Å². The molecule has 3 aromatic rings. The molecule has 18 heteroatoms. The molecule has 15 nitrogen and oxygen atoms in total. The number of hydrogen-bond donors (Lipinski definition) is 2. The van der Waals surface area contributed by atoms with E-state index in [4.69, 9.17) is 4.79 Å². The van der Waals surface area contributed by atoms with Crippen LogP contribution in [0.1, 0.15) is 78.7 Å². The van der Waals surface area contributed by atoms with E-state index in [9.17, 15) is 27.6 Å². The van der Waals surface area contributed by atoms with Crippen LogP contribution >= 0.6 is 0 Å². The highest BCUT2D eigenvalue weighted by molar-refractivity contribution is 5.79. The highest BCUT2D eigenvalue weighted by Crippen LogP contribution is 2.37. The van der Waals surface area contributed by atoms with Crippen LogP contribution in [-0.4, -0.2) is 165 Å². The Hall–Kier alpha value is -5.69. The number of aldehydes is 2. The zero-order chi connectivity index (χ0) is 50.6. The zero-order valence-electron chi connectivity index (χ0n) is 41.8. The molecule has 0 spiro atoms. The third-order valence-electron chi connectivity index (χ3n) is 13.7. The fourth-order valence-electron chi connectivity index (χ4n) is 8.97. The molecule has 70 heavy (non-hydrogen) atoms. The minimum Gasteiger partial charge on any atom is -0.369 e. The normalized spacial score (nSPS) is 17.9. The maximum atomic E-state index is 14.5. The average Bonchev–Trinajstić information content (AvgIpc) is 3.74. The maximum Gasteiger partial charge on any atom is 0.418 e. The fraction of sp³-hybridized carbons (Fsp3) is 0.538. The first-order valence-electron chi connectivity index (χ1n) is 24.5. The van der Waals surface area contributed by atoms with Crippen LogP contribution in [0.4, 0.5) is 24.5 Å². The first-order valence-corrected chi connectivity index (χ1v) is 24.5. The summed E-state index contributed by atoms with van der Waals surface area (Å²) >= 11 is 0. The lowest BCUT2D eigenvalue weighted by atomic mass is 9.96. The topological polar surface area (TPSA) is 142 Å². The van der Waals surface area contributed by atoms with Gasteiger partial charge < -0.3 is 44.4 Å². The van der Waals surface area contributed by atoms with E-state index in [1.807, 2.05) is 66.7 Å². The van der Waals surface area contributed by atoms with Crippen LogP contribution in [0.5, 0.6) is 0 Å². The molecule has 0 bridgehead atoms. The van der Waals surface area contributed by atoms with Gasteiger partial charge in [-0.2, -0.15) is 13.2 Å². The molecule has 4 heterocycles. The molecule has 0 radical (unpaired) electrons. The molecular weight excluding hydrogens is 900 g/mol. The van der Waals surface area contributed by atoms with E-state index in [1.54, 1.807) is 43.5 Å². The molecule has 2 N–H and O–H groups in total. The molecule has 2 aromatic carbocycles. The van der Waals surface area contributed by atoms with Crippen molar-refractivity contribution in [3.8, 4) is 0 Å². The van der Waals surface area contributed by atoms with Gasteiger partial charge in [0.15, 0.2) is 0 Å². The number of likely N-dealkylation sites (N-methyl/N-ethyl adjacent to an activating group) is 2. The van der Waals surface area contributed by atoms with Gasteiger partial charge in [-0.05, 0) is 98.4 Å². The van der Waals surface area contributed by atoms with Crippen LogP contribution in [0.15, 0.2) is 84.1 Å². The van der Waals surface area contributed by atoms with E-state index in [1.165, 1.54) is 38.0 Å². The molecular formula is C52H74F3N11O4. The number of halogens is 3. The van der Waals surface area contributed by atoms with Crippen molar-refractivity contribution < 1.29 is 32.3 Å². The lowest BCUT2D eigenvalue weighted by Crippen LogP contribution is -2.49. The molecule has 4 aliphatic rings. The molecule has 1 aromatic heterocycles. The number of nitrogens with zero attached hydrogens (tertiary/aromatic N) is 9. The van der Waals surface area contributed by atoms with Gasteiger partial charge in [0.25, 0.3) is 0 Å². The number of aromatic nitrogens is 3. The van der Waals surface area contributed by atoms with Gasteiger partial charge in [-0.15, -0.1) is 10.2 Å². The summed E-state index contributed by atoms with van der Waals surface area (Å²) in [6.45, 7) is 11.0. The van der Waals surface area contributed by atoms with Gasteiger partial charge in [0, 0.05) is 129 Å². The minimum absolute atomic E-state index is 0.0734. The van der Waals surface area contributed by atoms with Crippen LogP contribution in [0.2, 0.25) is 0 Å². The number of rotatable bonds is 20. The van der Waals surface area contributed by atoms with Crippen LogP contribution < -0.4 is 20.4 Å². The predicted molar refractivity (Wildman–Crippen MR) is 269 cm³/mol. The summed E-state index contributed by atoms with van der Waals surface area (Å²) < 4.78 is 45.3. The van der Waals surface area contributed by atoms with E-state index in [-0.39, 0.29) is 18.0 Å². The van der Waals surface area contributed by atoms with Crippen LogP contribution in [0.3, 0.4) is 0 Å². The Morgan fingerprint density at radius 1 is 0.957 bits per heavy atom. The molecule has 2 saturated heterocycles. The van der Waals surface area contributed by atoms with Gasteiger partial charge in [0.2, 0.25) is 5.91 Å². The Labute approximate surface area is 412 Å². The molecule has 7 rings (SSSR count). The quantitative estimate of drug-likeness (QED) is 0.104. The van der Waals surface area contributed by atoms with Crippen LogP contribution in [0, 0.1) is 5.92 Å². The number of piperidine rings is 1. The van der Waals surface area contributed by atoms with Gasteiger partial charge in [-0.1, -0.05) is 37.8 Å². The van der Waals surface area contributed by atoms with Crippen molar-refractivity contribution in [1.82, 2.24) is 45.0 Å². The number of piperazine rings is 1. The third kappa shape index (κ3) is 16.5. The number of allylic oxidation sites excluding steroid dienone is 1. The summed E-state index contributed by atoms with van der Waals surface area (Å²) in [5.41, 5.74) is 4.23. The highest BCUT2D eigenvalue weighted by atomic mass is 19.4. The monoisotopic (exact) mass is 974 g/mol. The predicted octanol–water partition coefficient (Wildman–Crippen LogP) is 5.84. The van der Waals surface area contributed by atoms with E-state index in [0.29, 0.717) is 49.5 Å². The summed E-state index contributed by atoms with van der Waals surface area (Å²) in [7, 11) is 8.71. The Bertz CT molecular complexity index is 2220. The zero-order valence-corrected chi connectivity index (χ0v) is 41.8. The van der Waals surface area contributed by atoms with Crippen LogP contribution in [0.25, 0.3) is 0 Å². The number of likely N-dealkylation sites (tertiary alicyclic amines) is 1. The van der Waals surface area contributed by atoms with Crippen molar-refractivity contribution in [1.29, 1.82) is 0 Å². The third-order valence-corrected chi connectivity index (χ3v) is 13.7. The Kier molecular flexibility index (Phi) is 21.8. The Balaban J connectivity index is 0.00000143. The van der Waals surface area contributed by atoms with E-state index in [0.717, 1.165) is 106 Å². The van der Waals surface area contributed by atoms with Gasteiger partial charge >= 0.3 is 6.18 Å². The van der Waals surface area contributed by atoms with Crippen molar-refractivity contribution >= 4 is 36.6 Å². The van der Waals surface area contributed by atoms with Crippen LogP contribution in [-0.2, 0) is 34.4 Å². The van der Waals surface area contributed by atoms with Crippen molar-refractivity contribution in [3.05, 3.63) is 107 Å². The van der Waals surface area contributed by atoms with Gasteiger partial charge in [-0.25, -0.2) is 0 Å². The number of benzene rings is 2. The number of hydrogen-bond acceptors (Lipinski definition) is 13. The van der Waals surface area contributed by atoms with Crippen molar-refractivity contribution in [2.45, 2.75) is 76.6 Å². The fourth-order valence-corrected chi connectivity index (χ4v) is 8.97. The number of alkyl halides is 3. The maximum absolute atomic E-state index is 14.5. The lowest BCUT2D eigenvalue weighted by Gasteiger charge is -2.40. The van der Waals surface area contributed by atoms with Gasteiger partial charge in [-0.3, -0.25) is 19.4 Å². The molecule has 1 saturated carbocycles. The molecule has 1 amide bonds. The summed E-state index contributed by atoms with van der Waals surface area (Å²) in [5, 5.41) is 14.1. The summed E-state index contributed by atoms with van der Waals surface area (Å²) in [6.07, 6.45) is 12.8. The van der Waals surface area contributed by atoms with Crippen molar-refractivity contribution in [2.75, 3.05) is 103 Å². The molecule has 1 aliphatic carbocycles. The number of nitrogens with one attached hydrogen (secondary N) is 2. The molecule has 3 fully saturated rings. The summed E-state index contributed by atoms with van der Waals surface area (Å²) in [5.74, 6) is 1.30. The van der Waals surface area contributed by atoms with E-state index < -0.39 is 17.8 Å². The number of aryl methyl sites for hydroxylation is 1.